The summed E-state index contributed by atoms with van der Waals surface area (Å²) in [7, 11) is -1.94. The Morgan fingerprint density at radius 2 is 2.04 bits per heavy atom. The van der Waals surface area contributed by atoms with Crippen LogP contribution in [-0.2, 0) is 17.1 Å². The zero-order valence-electron chi connectivity index (χ0n) is 13.5. The van der Waals surface area contributed by atoms with E-state index >= 15 is 0 Å². The molecular formula is C14H20N4O3S2. The predicted octanol–water partition coefficient (Wildman–Crippen LogP) is 2.07. The molecular weight excluding hydrogens is 336 g/mol. The highest BCUT2D eigenvalue weighted by molar-refractivity contribution is 7.89. The second kappa shape index (κ2) is 6.81. The Labute approximate surface area is 140 Å². The van der Waals surface area contributed by atoms with E-state index in [2.05, 4.69) is 10.3 Å². The quantitative estimate of drug-likeness (QED) is 0.859. The van der Waals surface area contributed by atoms with Gasteiger partial charge in [0.05, 0.1) is 5.69 Å². The number of hydrogen-bond donors (Lipinski definition) is 1. The summed E-state index contributed by atoms with van der Waals surface area (Å²) in [6.45, 7) is 6.16. The number of carbonyl (C=O) groups excluding carboxylic acids is 1. The Morgan fingerprint density at radius 3 is 2.57 bits per heavy atom. The van der Waals surface area contributed by atoms with Crippen molar-refractivity contribution >= 4 is 32.4 Å². The van der Waals surface area contributed by atoms with Crippen molar-refractivity contribution in [2.24, 2.45) is 7.05 Å². The number of anilines is 1. The molecule has 126 valence electrons. The van der Waals surface area contributed by atoms with Crippen LogP contribution >= 0.6 is 11.3 Å². The molecule has 0 fully saturated rings. The zero-order chi connectivity index (χ0) is 17.2. The van der Waals surface area contributed by atoms with E-state index in [1.807, 2.05) is 12.3 Å². The molecule has 0 bridgehead atoms. The monoisotopic (exact) mass is 356 g/mol. The minimum atomic E-state index is -3.59. The van der Waals surface area contributed by atoms with E-state index in [0.717, 1.165) is 5.69 Å². The first-order valence-corrected chi connectivity index (χ1v) is 9.51. The van der Waals surface area contributed by atoms with E-state index in [1.54, 1.807) is 20.9 Å². The van der Waals surface area contributed by atoms with Crippen molar-refractivity contribution < 1.29 is 13.2 Å². The zero-order valence-corrected chi connectivity index (χ0v) is 15.2. The van der Waals surface area contributed by atoms with Crippen LogP contribution < -0.4 is 5.32 Å². The summed E-state index contributed by atoms with van der Waals surface area (Å²) >= 11 is 1.32. The second-order valence-corrected chi connectivity index (χ2v) is 7.81. The molecule has 7 nitrogen and oxygen atoms in total. The van der Waals surface area contributed by atoms with Crippen molar-refractivity contribution in [2.75, 3.05) is 18.4 Å². The summed E-state index contributed by atoms with van der Waals surface area (Å²) in [6.07, 6.45) is 1.45. The third-order valence-corrected chi connectivity index (χ3v) is 6.29. The van der Waals surface area contributed by atoms with Crippen LogP contribution in [0.5, 0.6) is 0 Å². The van der Waals surface area contributed by atoms with E-state index in [0.29, 0.717) is 18.2 Å². The molecule has 0 saturated carbocycles. The van der Waals surface area contributed by atoms with Crippen LogP contribution in [-0.4, -0.2) is 41.3 Å². The molecule has 0 aliphatic carbocycles. The van der Waals surface area contributed by atoms with Crippen LogP contribution in [0.3, 0.4) is 0 Å². The van der Waals surface area contributed by atoms with Crippen LogP contribution in [0.1, 0.15) is 30.0 Å². The first-order chi connectivity index (χ1) is 10.8. The predicted molar refractivity (Wildman–Crippen MR) is 90.3 cm³/mol. The van der Waals surface area contributed by atoms with Gasteiger partial charge in [-0.15, -0.1) is 11.3 Å². The van der Waals surface area contributed by atoms with Crippen molar-refractivity contribution in [3.8, 4) is 0 Å². The lowest BCUT2D eigenvalue weighted by molar-refractivity contribution is 0.101. The SMILES string of the molecule is CCN(CC)S(=O)(=O)c1cc(C(=O)Nc2nc(C)cs2)n(C)c1. The lowest BCUT2D eigenvalue weighted by Crippen LogP contribution is -2.30. The van der Waals surface area contributed by atoms with Gasteiger partial charge in [-0.1, -0.05) is 13.8 Å². The summed E-state index contributed by atoms with van der Waals surface area (Å²) in [4.78, 5) is 16.6. The van der Waals surface area contributed by atoms with Crippen molar-refractivity contribution in [3.63, 3.8) is 0 Å². The first kappa shape index (κ1) is 17.6. The molecule has 0 aromatic carbocycles. The molecule has 2 aromatic rings. The van der Waals surface area contributed by atoms with Crippen LogP contribution in [0.25, 0.3) is 0 Å². The van der Waals surface area contributed by atoms with Gasteiger partial charge in [-0.2, -0.15) is 4.31 Å². The van der Waals surface area contributed by atoms with Gasteiger partial charge >= 0.3 is 0 Å². The minimum Gasteiger partial charge on any atom is -0.345 e. The molecule has 2 aromatic heterocycles. The third kappa shape index (κ3) is 3.62. The number of hydrogen-bond acceptors (Lipinski definition) is 5. The average Bonchev–Trinajstić information content (AvgIpc) is 3.06. The Bertz CT molecular complexity index is 804. The summed E-state index contributed by atoms with van der Waals surface area (Å²) in [6, 6.07) is 1.39. The molecule has 0 aliphatic rings. The molecule has 2 heterocycles. The van der Waals surface area contributed by atoms with E-state index in [9.17, 15) is 13.2 Å². The fraction of sp³-hybridized carbons (Fsp3) is 0.429. The molecule has 9 heteroatoms. The molecule has 2 rings (SSSR count). The van der Waals surface area contributed by atoms with Gasteiger partial charge in [0.1, 0.15) is 10.6 Å². The first-order valence-electron chi connectivity index (χ1n) is 7.19. The largest absolute Gasteiger partial charge is 0.345 e. The molecule has 0 spiro atoms. The van der Waals surface area contributed by atoms with Crippen molar-refractivity contribution in [2.45, 2.75) is 25.7 Å². The van der Waals surface area contributed by atoms with Gasteiger partial charge in [0.2, 0.25) is 10.0 Å². The Balaban J connectivity index is 2.29. The molecule has 23 heavy (non-hydrogen) atoms. The highest BCUT2D eigenvalue weighted by Gasteiger charge is 2.25. The molecule has 0 saturated heterocycles. The summed E-state index contributed by atoms with van der Waals surface area (Å²) < 4.78 is 27.9. The fourth-order valence-corrected chi connectivity index (χ4v) is 4.40. The van der Waals surface area contributed by atoms with Gasteiger partial charge in [0.25, 0.3) is 5.91 Å². The van der Waals surface area contributed by atoms with E-state index in [-0.39, 0.29) is 16.5 Å². The minimum absolute atomic E-state index is 0.115. The van der Waals surface area contributed by atoms with Crippen LogP contribution in [0, 0.1) is 6.92 Å². The van der Waals surface area contributed by atoms with E-state index in [1.165, 1.54) is 32.5 Å². The molecule has 1 N–H and O–H groups in total. The van der Waals surface area contributed by atoms with Crippen molar-refractivity contribution in [1.82, 2.24) is 13.9 Å². The van der Waals surface area contributed by atoms with Gasteiger partial charge in [-0.05, 0) is 13.0 Å². The van der Waals surface area contributed by atoms with Crippen LogP contribution in [0.15, 0.2) is 22.5 Å². The lowest BCUT2D eigenvalue weighted by Gasteiger charge is -2.17. The summed E-state index contributed by atoms with van der Waals surface area (Å²) in [5, 5.41) is 5.00. The highest BCUT2D eigenvalue weighted by Crippen LogP contribution is 2.20. The van der Waals surface area contributed by atoms with Gasteiger partial charge in [-0.3, -0.25) is 10.1 Å². The smallest absolute Gasteiger partial charge is 0.274 e. The Kier molecular flexibility index (Phi) is 5.23. The Morgan fingerprint density at radius 1 is 1.39 bits per heavy atom. The Hall–Kier alpha value is -1.71. The number of aryl methyl sites for hydroxylation is 2. The number of nitrogens with zero attached hydrogens (tertiary/aromatic N) is 3. The average molecular weight is 356 g/mol. The second-order valence-electron chi connectivity index (χ2n) is 5.01. The molecule has 0 aliphatic heterocycles. The highest BCUT2D eigenvalue weighted by atomic mass is 32.2. The van der Waals surface area contributed by atoms with Gasteiger partial charge in [-0.25, -0.2) is 13.4 Å². The van der Waals surface area contributed by atoms with Gasteiger partial charge < -0.3 is 4.57 Å². The summed E-state index contributed by atoms with van der Waals surface area (Å²) in [5.74, 6) is -0.386. The summed E-state index contributed by atoms with van der Waals surface area (Å²) in [5.41, 5.74) is 1.09. The third-order valence-electron chi connectivity index (χ3n) is 3.40. The lowest BCUT2D eigenvalue weighted by atomic mass is 10.4. The molecule has 0 radical (unpaired) electrons. The molecule has 0 atom stereocenters. The fourth-order valence-electron chi connectivity index (χ4n) is 2.19. The molecule has 1 amide bonds. The van der Waals surface area contributed by atoms with Crippen molar-refractivity contribution in [1.29, 1.82) is 0 Å². The maximum atomic E-state index is 12.5. The topological polar surface area (TPSA) is 84.3 Å². The van der Waals surface area contributed by atoms with E-state index < -0.39 is 10.0 Å². The number of amides is 1. The van der Waals surface area contributed by atoms with Crippen LogP contribution in [0.4, 0.5) is 5.13 Å². The van der Waals surface area contributed by atoms with Crippen molar-refractivity contribution in [3.05, 3.63) is 29.0 Å². The maximum absolute atomic E-state index is 12.5. The number of thiazole rings is 1. The number of nitrogens with one attached hydrogen (secondary N) is 1. The number of aromatic nitrogens is 2. The number of carbonyl (C=O) groups is 1. The van der Waals surface area contributed by atoms with Gasteiger partial charge in [0, 0.05) is 31.7 Å². The van der Waals surface area contributed by atoms with Gasteiger partial charge in [0.15, 0.2) is 5.13 Å². The number of sulfonamides is 1. The molecule has 0 unspecified atom stereocenters. The number of rotatable bonds is 6. The maximum Gasteiger partial charge on any atom is 0.274 e. The standard InChI is InChI=1S/C14H20N4O3S2/c1-5-18(6-2)23(20,21)11-7-12(17(4)8-11)13(19)16-14-15-10(3)9-22-14/h7-9H,5-6H2,1-4H3,(H,15,16,19). The normalized spacial score (nSPS) is 11.9. The van der Waals surface area contributed by atoms with E-state index in [4.69, 9.17) is 0 Å². The van der Waals surface area contributed by atoms with Crippen LogP contribution in [0.2, 0.25) is 0 Å².